The first-order valence-electron chi connectivity index (χ1n) is 11.0. The second kappa shape index (κ2) is 11.2. The van der Waals surface area contributed by atoms with Crippen LogP contribution in [0, 0.1) is 13.8 Å². The first kappa shape index (κ1) is 25.8. The average Bonchev–Trinajstić information content (AvgIpc) is 3.15. The maximum atomic E-state index is 13.4. The molecule has 1 aliphatic heterocycles. The molecule has 0 atom stereocenters. The molecular weight excluding hydrogens is 517 g/mol. The molecule has 0 radical (unpaired) electrons. The number of thioether (sulfide) groups is 1. The van der Waals surface area contributed by atoms with Gasteiger partial charge in [-0.05, 0) is 79.1 Å². The zero-order chi connectivity index (χ0) is 25.8. The van der Waals surface area contributed by atoms with Crippen molar-refractivity contribution < 1.29 is 14.3 Å². The largest absolute Gasteiger partial charge is 0.497 e. The number of aryl methyl sites for hydroxylation is 2. The predicted octanol–water partition coefficient (Wildman–Crippen LogP) is 6.73. The smallest absolute Gasteiger partial charge is 0.283 e. The van der Waals surface area contributed by atoms with Gasteiger partial charge in [-0.15, -0.1) is 0 Å². The fraction of sp³-hybridized carbons (Fsp3) is 0.148. The standard InChI is InChI=1S/C27H23Cl2N3O3S/c1-16-10-17(2)12-20(11-16)32-26(34)24(13-18-4-7-21(35-3)8-5-18)31-27(32)36-15-25(33)30-19-6-9-22(28)23(29)14-19/h4-14H,15H2,1-3H3,(H,30,33)/b24-13+. The summed E-state index contributed by atoms with van der Waals surface area (Å²) >= 11 is 13.2. The van der Waals surface area contributed by atoms with E-state index < -0.39 is 0 Å². The van der Waals surface area contributed by atoms with Crippen molar-refractivity contribution in [1.82, 2.24) is 0 Å². The van der Waals surface area contributed by atoms with Crippen molar-refractivity contribution in [2.24, 2.45) is 4.99 Å². The number of carbonyl (C=O) groups excluding carboxylic acids is 2. The first-order chi connectivity index (χ1) is 17.2. The molecule has 1 aliphatic rings. The van der Waals surface area contributed by atoms with Crippen molar-refractivity contribution in [2.45, 2.75) is 13.8 Å². The number of aliphatic imine (C=N–C) groups is 1. The topological polar surface area (TPSA) is 71.0 Å². The van der Waals surface area contributed by atoms with Gasteiger partial charge >= 0.3 is 0 Å². The Hall–Kier alpha value is -3.26. The minimum absolute atomic E-state index is 0.0451. The summed E-state index contributed by atoms with van der Waals surface area (Å²) in [5, 5.41) is 3.97. The number of ether oxygens (including phenoxy) is 1. The Morgan fingerprint density at radius 2 is 1.72 bits per heavy atom. The van der Waals surface area contributed by atoms with Gasteiger partial charge in [-0.25, -0.2) is 4.99 Å². The van der Waals surface area contributed by atoms with Gasteiger partial charge in [0.15, 0.2) is 5.17 Å². The Bertz CT molecular complexity index is 1370. The van der Waals surface area contributed by atoms with Crippen LogP contribution in [0.4, 0.5) is 11.4 Å². The third-order valence-electron chi connectivity index (χ3n) is 5.25. The van der Waals surface area contributed by atoms with E-state index in [2.05, 4.69) is 10.3 Å². The number of hydrogen-bond acceptors (Lipinski definition) is 5. The number of carbonyl (C=O) groups is 2. The van der Waals surface area contributed by atoms with E-state index in [0.717, 1.165) is 22.4 Å². The van der Waals surface area contributed by atoms with Crippen LogP contribution in [0.25, 0.3) is 6.08 Å². The highest BCUT2D eigenvalue weighted by molar-refractivity contribution is 8.14. The summed E-state index contributed by atoms with van der Waals surface area (Å²) in [5.74, 6) is 0.243. The molecule has 4 rings (SSSR count). The van der Waals surface area contributed by atoms with Crippen LogP contribution in [-0.4, -0.2) is 29.8 Å². The SMILES string of the molecule is COc1ccc(/C=C2/N=C(SCC(=O)Nc3ccc(Cl)c(Cl)c3)N(c3cc(C)cc(C)c3)C2=O)cc1. The van der Waals surface area contributed by atoms with E-state index in [4.69, 9.17) is 27.9 Å². The number of methoxy groups -OCH3 is 1. The van der Waals surface area contributed by atoms with Crippen LogP contribution in [0.3, 0.4) is 0 Å². The molecule has 6 nitrogen and oxygen atoms in total. The van der Waals surface area contributed by atoms with Gasteiger partial charge in [0.1, 0.15) is 11.4 Å². The van der Waals surface area contributed by atoms with Gasteiger partial charge in [0.2, 0.25) is 5.91 Å². The molecule has 3 aromatic rings. The molecule has 0 spiro atoms. The summed E-state index contributed by atoms with van der Waals surface area (Å²) in [5.41, 5.74) is 4.37. The number of amides is 2. The lowest BCUT2D eigenvalue weighted by molar-refractivity contribution is -0.114. The van der Waals surface area contributed by atoms with Crippen LogP contribution in [0.1, 0.15) is 16.7 Å². The van der Waals surface area contributed by atoms with Gasteiger partial charge in [0, 0.05) is 5.69 Å². The quantitative estimate of drug-likeness (QED) is 0.352. The fourth-order valence-corrected chi connectivity index (χ4v) is 4.77. The van der Waals surface area contributed by atoms with Crippen LogP contribution < -0.4 is 15.0 Å². The Labute approximate surface area is 224 Å². The van der Waals surface area contributed by atoms with Crippen LogP contribution in [0.5, 0.6) is 5.75 Å². The summed E-state index contributed by atoms with van der Waals surface area (Å²) in [7, 11) is 1.60. The highest BCUT2D eigenvalue weighted by Crippen LogP contribution is 2.31. The predicted molar refractivity (Wildman–Crippen MR) is 149 cm³/mol. The number of benzene rings is 3. The summed E-state index contributed by atoms with van der Waals surface area (Å²) < 4.78 is 5.21. The van der Waals surface area contributed by atoms with Crippen molar-refractivity contribution >= 4 is 69.4 Å². The van der Waals surface area contributed by atoms with Crippen molar-refractivity contribution in [2.75, 3.05) is 23.1 Å². The number of hydrogen-bond donors (Lipinski definition) is 1. The van der Waals surface area contributed by atoms with Gasteiger partial charge in [-0.1, -0.05) is 53.2 Å². The van der Waals surface area contributed by atoms with Crippen molar-refractivity contribution in [1.29, 1.82) is 0 Å². The zero-order valence-corrected chi connectivity index (χ0v) is 22.2. The normalized spacial score (nSPS) is 14.2. The Morgan fingerprint density at radius 1 is 1.03 bits per heavy atom. The van der Waals surface area contributed by atoms with Gasteiger partial charge in [0.05, 0.1) is 28.6 Å². The molecule has 1 heterocycles. The molecule has 0 aliphatic carbocycles. The second-order valence-electron chi connectivity index (χ2n) is 8.15. The van der Waals surface area contributed by atoms with Crippen LogP contribution >= 0.6 is 35.0 Å². The summed E-state index contributed by atoms with van der Waals surface area (Å²) in [6.45, 7) is 3.94. The highest BCUT2D eigenvalue weighted by Gasteiger charge is 2.32. The lowest BCUT2D eigenvalue weighted by atomic mass is 10.1. The Morgan fingerprint density at radius 3 is 2.36 bits per heavy atom. The number of halogens is 2. The molecule has 36 heavy (non-hydrogen) atoms. The second-order valence-corrected chi connectivity index (χ2v) is 9.91. The molecule has 2 amide bonds. The monoisotopic (exact) mass is 539 g/mol. The number of nitrogens with one attached hydrogen (secondary N) is 1. The molecule has 3 aromatic carbocycles. The number of anilines is 2. The summed E-state index contributed by atoms with van der Waals surface area (Å²) in [6.07, 6.45) is 1.72. The van der Waals surface area contributed by atoms with E-state index in [1.54, 1.807) is 36.3 Å². The number of rotatable bonds is 6. The Balaban J connectivity index is 1.59. The molecule has 0 bridgehead atoms. The lowest BCUT2D eigenvalue weighted by Crippen LogP contribution is -2.31. The first-order valence-corrected chi connectivity index (χ1v) is 12.7. The molecule has 0 unspecified atom stereocenters. The van der Waals surface area contributed by atoms with E-state index in [1.807, 2.05) is 56.3 Å². The van der Waals surface area contributed by atoms with Gasteiger partial charge in [-0.3, -0.25) is 14.5 Å². The molecule has 0 aromatic heterocycles. The number of nitrogens with zero attached hydrogens (tertiary/aromatic N) is 2. The third-order valence-corrected chi connectivity index (χ3v) is 6.93. The van der Waals surface area contributed by atoms with Gasteiger partial charge in [-0.2, -0.15) is 0 Å². The average molecular weight is 540 g/mol. The molecular formula is C27H23Cl2N3O3S. The molecule has 0 saturated heterocycles. The summed E-state index contributed by atoms with van der Waals surface area (Å²) in [4.78, 5) is 32.2. The molecule has 0 fully saturated rings. The van der Waals surface area contributed by atoms with Crippen molar-refractivity contribution in [3.8, 4) is 5.75 Å². The van der Waals surface area contributed by atoms with Crippen LogP contribution in [0.15, 0.2) is 71.4 Å². The van der Waals surface area contributed by atoms with Crippen LogP contribution in [0.2, 0.25) is 10.0 Å². The van der Waals surface area contributed by atoms with E-state index in [1.165, 1.54) is 11.8 Å². The maximum Gasteiger partial charge on any atom is 0.283 e. The van der Waals surface area contributed by atoms with Gasteiger partial charge < -0.3 is 10.1 Å². The van der Waals surface area contributed by atoms with E-state index >= 15 is 0 Å². The summed E-state index contributed by atoms with van der Waals surface area (Å²) in [6, 6.07) is 18.1. The molecule has 184 valence electrons. The lowest BCUT2D eigenvalue weighted by Gasteiger charge is -2.19. The molecule has 1 N–H and O–H groups in total. The zero-order valence-electron chi connectivity index (χ0n) is 19.8. The highest BCUT2D eigenvalue weighted by atomic mass is 35.5. The van der Waals surface area contributed by atoms with Crippen LogP contribution in [-0.2, 0) is 9.59 Å². The molecule has 9 heteroatoms. The fourth-order valence-electron chi connectivity index (χ4n) is 3.66. The number of amidine groups is 1. The minimum Gasteiger partial charge on any atom is -0.497 e. The minimum atomic E-state index is -0.263. The molecule has 0 saturated carbocycles. The van der Waals surface area contributed by atoms with E-state index in [0.29, 0.717) is 26.6 Å². The van der Waals surface area contributed by atoms with Gasteiger partial charge in [0.25, 0.3) is 5.91 Å². The van der Waals surface area contributed by atoms with E-state index in [-0.39, 0.29) is 23.3 Å². The Kier molecular flexibility index (Phi) is 8.04. The third kappa shape index (κ3) is 6.10. The van der Waals surface area contributed by atoms with Crippen molar-refractivity contribution in [3.63, 3.8) is 0 Å². The van der Waals surface area contributed by atoms with E-state index in [9.17, 15) is 9.59 Å². The van der Waals surface area contributed by atoms with Crippen molar-refractivity contribution in [3.05, 3.63) is 93.1 Å². The maximum absolute atomic E-state index is 13.4.